The van der Waals surface area contributed by atoms with Crippen LogP contribution >= 0.6 is 11.3 Å². The van der Waals surface area contributed by atoms with Crippen LogP contribution in [0.3, 0.4) is 0 Å². The maximum absolute atomic E-state index is 12.3. The lowest BCUT2D eigenvalue weighted by atomic mass is 10.1. The molecule has 1 aliphatic rings. The molecule has 1 aliphatic heterocycles. The van der Waals surface area contributed by atoms with Crippen LogP contribution in [-0.4, -0.2) is 34.8 Å². The van der Waals surface area contributed by atoms with Crippen LogP contribution in [0.15, 0.2) is 35.7 Å². The summed E-state index contributed by atoms with van der Waals surface area (Å²) in [6.45, 7) is 3.60. The van der Waals surface area contributed by atoms with Gasteiger partial charge in [-0.15, -0.1) is 11.3 Å². The molecule has 5 nitrogen and oxygen atoms in total. The summed E-state index contributed by atoms with van der Waals surface area (Å²) in [5.41, 5.74) is 2.09. The van der Waals surface area contributed by atoms with Crippen LogP contribution in [0.1, 0.15) is 22.7 Å². The van der Waals surface area contributed by atoms with Crippen molar-refractivity contribution in [3.05, 3.63) is 52.0 Å². The summed E-state index contributed by atoms with van der Waals surface area (Å²) in [4.78, 5) is 30.6. The van der Waals surface area contributed by atoms with Crippen molar-refractivity contribution < 1.29 is 9.59 Å². The van der Waals surface area contributed by atoms with Gasteiger partial charge in [0.2, 0.25) is 11.8 Å². The third-order valence-electron chi connectivity index (χ3n) is 4.15. The predicted molar refractivity (Wildman–Crippen MR) is 93.5 cm³/mol. The molecule has 6 heteroatoms. The molecule has 0 unspecified atom stereocenters. The van der Waals surface area contributed by atoms with Crippen molar-refractivity contribution in [2.24, 2.45) is 5.92 Å². The lowest BCUT2D eigenvalue weighted by Crippen LogP contribution is -2.34. The van der Waals surface area contributed by atoms with Crippen molar-refractivity contribution in [1.29, 1.82) is 0 Å². The number of aromatic nitrogens is 1. The number of carbonyl (C=O) groups excluding carboxylic acids is 2. The van der Waals surface area contributed by atoms with Crippen molar-refractivity contribution in [2.75, 3.05) is 13.1 Å². The highest BCUT2D eigenvalue weighted by molar-refractivity contribution is 7.09. The van der Waals surface area contributed by atoms with Crippen molar-refractivity contribution >= 4 is 23.2 Å². The van der Waals surface area contributed by atoms with Crippen molar-refractivity contribution in [3.63, 3.8) is 0 Å². The smallest absolute Gasteiger partial charge is 0.225 e. The molecule has 0 aliphatic carbocycles. The predicted octanol–water partition coefficient (Wildman–Crippen LogP) is 2.16. The molecule has 1 atom stereocenters. The first-order valence-electron chi connectivity index (χ1n) is 8.12. The highest BCUT2D eigenvalue weighted by atomic mass is 32.1. The fraction of sp³-hybridized carbons (Fsp3) is 0.389. The SMILES string of the molecule is Cc1nc(CCNC(=O)[C@H]2CC(=O)N(Cc3ccccc3)C2)cs1. The number of amides is 2. The van der Waals surface area contributed by atoms with E-state index in [0.717, 1.165) is 22.7 Å². The van der Waals surface area contributed by atoms with E-state index in [1.54, 1.807) is 16.2 Å². The highest BCUT2D eigenvalue weighted by Crippen LogP contribution is 2.20. The zero-order chi connectivity index (χ0) is 16.9. The largest absolute Gasteiger partial charge is 0.355 e. The molecule has 2 amide bonds. The van der Waals surface area contributed by atoms with Gasteiger partial charge >= 0.3 is 0 Å². The maximum Gasteiger partial charge on any atom is 0.225 e. The van der Waals surface area contributed by atoms with E-state index in [9.17, 15) is 9.59 Å². The molecule has 0 radical (unpaired) electrons. The molecule has 1 N–H and O–H groups in total. The van der Waals surface area contributed by atoms with E-state index < -0.39 is 0 Å². The van der Waals surface area contributed by atoms with Gasteiger partial charge in [0.1, 0.15) is 0 Å². The highest BCUT2D eigenvalue weighted by Gasteiger charge is 2.33. The molecular formula is C18H21N3O2S. The van der Waals surface area contributed by atoms with E-state index in [2.05, 4.69) is 10.3 Å². The molecule has 1 aromatic carbocycles. The van der Waals surface area contributed by atoms with Gasteiger partial charge in [-0.25, -0.2) is 4.98 Å². The van der Waals surface area contributed by atoms with Crippen LogP contribution < -0.4 is 5.32 Å². The second-order valence-electron chi connectivity index (χ2n) is 6.06. The lowest BCUT2D eigenvalue weighted by Gasteiger charge is -2.16. The summed E-state index contributed by atoms with van der Waals surface area (Å²) in [5, 5.41) is 5.99. The minimum atomic E-state index is -0.251. The van der Waals surface area contributed by atoms with Crippen LogP contribution in [0, 0.1) is 12.8 Å². The minimum Gasteiger partial charge on any atom is -0.355 e. The average molecular weight is 343 g/mol. The fourth-order valence-electron chi connectivity index (χ4n) is 2.89. The summed E-state index contributed by atoms with van der Waals surface area (Å²) in [6, 6.07) is 9.86. The number of hydrogen-bond acceptors (Lipinski definition) is 4. The van der Waals surface area contributed by atoms with Crippen LogP contribution in [0.2, 0.25) is 0 Å². The van der Waals surface area contributed by atoms with Gasteiger partial charge in [0.05, 0.1) is 16.6 Å². The number of rotatable bonds is 6. The summed E-state index contributed by atoms with van der Waals surface area (Å²) in [7, 11) is 0. The Bertz CT molecular complexity index is 714. The number of likely N-dealkylation sites (tertiary alicyclic amines) is 1. The van der Waals surface area contributed by atoms with Gasteiger partial charge in [0.15, 0.2) is 0 Å². The topological polar surface area (TPSA) is 62.3 Å². The lowest BCUT2D eigenvalue weighted by molar-refractivity contribution is -0.129. The monoisotopic (exact) mass is 343 g/mol. The van der Waals surface area contributed by atoms with Crippen LogP contribution in [0.4, 0.5) is 0 Å². The van der Waals surface area contributed by atoms with E-state index in [-0.39, 0.29) is 17.7 Å². The molecule has 126 valence electrons. The molecule has 2 heterocycles. The van der Waals surface area contributed by atoms with Gasteiger partial charge in [-0.05, 0) is 12.5 Å². The molecular weight excluding hydrogens is 322 g/mol. The molecule has 3 rings (SSSR count). The van der Waals surface area contributed by atoms with E-state index in [1.165, 1.54) is 0 Å². The first kappa shape index (κ1) is 16.6. The van der Waals surface area contributed by atoms with E-state index >= 15 is 0 Å². The second-order valence-corrected chi connectivity index (χ2v) is 7.12. The Labute approximate surface area is 145 Å². The summed E-state index contributed by atoms with van der Waals surface area (Å²) in [6.07, 6.45) is 1.03. The number of carbonyl (C=O) groups is 2. The number of nitrogens with one attached hydrogen (secondary N) is 1. The fourth-order valence-corrected chi connectivity index (χ4v) is 3.53. The minimum absolute atomic E-state index is 0.0362. The first-order chi connectivity index (χ1) is 11.6. The van der Waals surface area contributed by atoms with Gasteiger partial charge in [0.25, 0.3) is 0 Å². The average Bonchev–Trinajstić information content (AvgIpc) is 3.15. The third-order valence-corrected chi connectivity index (χ3v) is 4.97. The van der Waals surface area contributed by atoms with Gasteiger partial charge in [0, 0.05) is 37.9 Å². The molecule has 1 fully saturated rings. The Hall–Kier alpha value is -2.21. The molecule has 1 aromatic heterocycles. The zero-order valence-electron chi connectivity index (χ0n) is 13.7. The molecule has 1 saturated heterocycles. The number of thiazole rings is 1. The molecule has 24 heavy (non-hydrogen) atoms. The van der Waals surface area contributed by atoms with Crippen molar-refractivity contribution in [1.82, 2.24) is 15.2 Å². The Morgan fingerprint density at radius 3 is 2.88 bits per heavy atom. The van der Waals surface area contributed by atoms with Gasteiger partial charge in [-0.2, -0.15) is 0 Å². The van der Waals surface area contributed by atoms with E-state index in [0.29, 0.717) is 26.1 Å². The number of nitrogens with zero attached hydrogens (tertiary/aromatic N) is 2. The quantitative estimate of drug-likeness (QED) is 0.874. The van der Waals surface area contributed by atoms with Crippen molar-refractivity contribution in [3.8, 4) is 0 Å². The molecule has 0 saturated carbocycles. The Morgan fingerprint density at radius 2 is 2.17 bits per heavy atom. The Balaban J connectivity index is 1.47. The number of hydrogen-bond donors (Lipinski definition) is 1. The maximum atomic E-state index is 12.3. The Morgan fingerprint density at radius 1 is 1.38 bits per heavy atom. The normalized spacial score (nSPS) is 17.3. The van der Waals surface area contributed by atoms with E-state index in [1.807, 2.05) is 42.6 Å². The third kappa shape index (κ3) is 4.20. The number of aryl methyl sites for hydroxylation is 1. The van der Waals surface area contributed by atoms with Crippen LogP contribution in [-0.2, 0) is 22.6 Å². The number of benzene rings is 1. The standard InChI is InChI=1S/C18H21N3O2S/c1-13-20-16(12-24-13)7-8-19-18(23)15-9-17(22)21(11-15)10-14-5-3-2-4-6-14/h2-6,12,15H,7-11H2,1H3,(H,19,23)/t15-/m0/s1. The zero-order valence-corrected chi connectivity index (χ0v) is 14.5. The first-order valence-corrected chi connectivity index (χ1v) is 9.00. The Kier molecular flexibility index (Phi) is 5.25. The molecule has 0 spiro atoms. The van der Waals surface area contributed by atoms with Gasteiger partial charge < -0.3 is 10.2 Å². The molecule has 2 aromatic rings. The summed E-state index contributed by atoms with van der Waals surface area (Å²) < 4.78 is 0. The summed E-state index contributed by atoms with van der Waals surface area (Å²) in [5.74, 6) is -0.238. The van der Waals surface area contributed by atoms with Crippen LogP contribution in [0.25, 0.3) is 0 Å². The van der Waals surface area contributed by atoms with Gasteiger partial charge in [-0.1, -0.05) is 30.3 Å². The van der Waals surface area contributed by atoms with E-state index in [4.69, 9.17) is 0 Å². The van der Waals surface area contributed by atoms with Gasteiger partial charge in [-0.3, -0.25) is 9.59 Å². The summed E-state index contributed by atoms with van der Waals surface area (Å²) >= 11 is 1.61. The van der Waals surface area contributed by atoms with Crippen molar-refractivity contribution in [2.45, 2.75) is 26.3 Å². The molecule has 0 bridgehead atoms. The second kappa shape index (κ2) is 7.57. The van der Waals surface area contributed by atoms with Crippen LogP contribution in [0.5, 0.6) is 0 Å².